The minimum absolute atomic E-state index is 0.0889. The molecule has 5 heterocycles. The van der Waals surface area contributed by atoms with Crippen LogP contribution in [0.25, 0.3) is 0 Å². The van der Waals surface area contributed by atoms with Crippen molar-refractivity contribution in [1.29, 1.82) is 5.41 Å². The number of methoxy groups -OCH3 is 1. The van der Waals surface area contributed by atoms with Crippen LogP contribution in [0.4, 0.5) is 29.0 Å². The topological polar surface area (TPSA) is 181 Å². The molecule has 58 heavy (non-hydrogen) atoms. The van der Waals surface area contributed by atoms with Gasteiger partial charge in [0.05, 0.1) is 23.3 Å². The SMILES string of the molecule is COC1CCN(c2nccc(Nc3cc(NC(C)C)c(C(=N)N4CCC(C(=O)NC5CCN(CCCCCCNc6cccc(C=O)c6C=O)CC5)C4)cn3)n2)CC1. The summed E-state index contributed by atoms with van der Waals surface area (Å²) >= 11 is 0. The van der Waals surface area contributed by atoms with E-state index in [1.54, 1.807) is 31.6 Å². The van der Waals surface area contributed by atoms with E-state index in [-0.39, 0.29) is 30.0 Å². The van der Waals surface area contributed by atoms with Gasteiger partial charge < -0.3 is 40.7 Å². The summed E-state index contributed by atoms with van der Waals surface area (Å²) in [5.74, 6) is 2.24. The monoisotopic (exact) mass is 795 g/mol. The lowest BCUT2D eigenvalue weighted by molar-refractivity contribution is -0.125. The Kier molecular flexibility index (Phi) is 15.4. The van der Waals surface area contributed by atoms with Gasteiger partial charge in [-0.05, 0) is 77.5 Å². The van der Waals surface area contributed by atoms with Crippen LogP contribution in [0.5, 0.6) is 0 Å². The molecule has 15 nitrogen and oxygen atoms in total. The first-order chi connectivity index (χ1) is 28.2. The molecule has 0 saturated carbocycles. The second kappa shape index (κ2) is 21.0. The number of unbranched alkanes of at least 4 members (excludes halogenated alkanes) is 3. The number of hydrogen-bond donors (Lipinski definition) is 5. The van der Waals surface area contributed by atoms with Gasteiger partial charge >= 0.3 is 0 Å². The van der Waals surface area contributed by atoms with Crippen molar-refractivity contribution >= 4 is 53.3 Å². The Balaban J connectivity index is 0.912. The highest BCUT2D eigenvalue weighted by atomic mass is 16.5. The van der Waals surface area contributed by atoms with Gasteiger partial charge in [-0.15, -0.1) is 0 Å². The molecule has 3 aliphatic heterocycles. The van der Waals surface area contributed by atoms with E-state index < -0.39 is 0 Å². The predicted octanol–water partition coefficient (Wildman–Crippen LogP) is 5.58. The van der Waals surface area contributed by atoms with Crippen molar-refractivity contribution in [1.82, 2.24) is 30.1 Å². The fourth-order valence-electron chi connectivity index (χ4n) is 8.11. The molecule has 3 aliphatic rings. The summed E-state index contributed by atoms with van der Waals surface area (Å²) in [6.45, 7) is 10.7. The number of likely N-dealkylation sites (tertiary alicyclic amines) is 2. The van der Waals surface area contributed by atoms with Gasteiger partial charge in [0, 0.05) is 100 Å². The van der Waals surface area contributed by atoms with Gasteiger partial charge in [0.1, 0.15) is 17.5 Å². The number of hydrogen-bond acceptors (Lipinski definition) is 13. The lowest BCUT2D eigenvalue weighted by Crippen LogP contribution is -2.47. The van der Waals surface area contributed by atoms with Crippen LogP contribution in [0.3, 0.4) is 0 Å². The zero-order chi connectivity index (χ0) is 40.9. The van der Waals surface area contributed by atoms with E-state index >= 15 is 0 Å². The Labute approximate surface area is 342 Å². The van der Waals surface area contributed by atoms with Gasteiger partial charge in [0.25, 0.3) is 0 Å². The van der Waals surface area contributed by atoms with Crippen molar-refractivity contribution in [2.24, 2.45) is 5.92 Å². The number of benzene rings is 1. The van der Waals surface area contributed by atoms with Crippen LogP contribution in [-0.4, -0.2) is 127 Å². The van der Waals surface area contributed by atoms with Crippen molar-refractivity contribution in [3.05, 3.63) is 59.4 Å². The molecule has 3 saturated heterocycles. The van der Waals surface area contributed by atoms with Crippen LogP contribution in [0.2, 0.25) is 0 Å². The number of piperidine rings is 2. The van der Waals surface area contributed by atoms with Crippen molar-refractivity contribution in [3.8, 4) is 0 Å². The van der Waals surface area contributed by atoms with Crippen LogP contribution < -0.4 is 26.2 Å². The molecule has 1 atom stereocenters. The highest BCUT2D eigenvalue weighted by Gasteiger charge is 2.33. The van der Waals surface area contributed by atoms with E-state index in [4.69, 9.17) is 9.72 Å². The number of nitrogens with zero attached hydrogens (tertiary/aromatic N) is 6. The number of carbonyl (C=O) groups is 3. The number of aldehydes is 2. The van der Waals surface area contributed by atoms with E-state index in [9.17, 15) is 19.8 Å². The molecule has 3 aromatic rings. The largest absolute Gasteiger partial charge is 0.384 e. The minimum Gasteiger partial charge on any atom is -0.384 e. The number of anilines is 5. The van der Waals surface area contributed by atoms with Gasteiger partial charge in [0.15, 0.2) is 12.6 Å². The number of aromatic nitrogens is 3. The third kappa shape index (κ3) is 11.5. The zero-order valence-electron chi connectivity index (χ0n) is 34.3. The summed E-state index contributed by atoms with van der Waals surface area (Å²) in [6, 6.07) is 9.34. The first kappa shape index (κ1) is 42.5. The number of nitrogens with one attached hydrogen (secondary N) is 5. The molecular weight excluding hydrogens is 735 g/mol. The average Bonchev–Trinajstić information content (AvgIpc) is 3.74. The minimum atomic E-state index is -0.158. The van der Waals surface area contributed by atoms with E-state index in [1.807, 2.05) is 23.1 Å². The molecule has 0 spiro atoms. The Morgan fingerprint density at radius 3 is 2.47 bits per heavy atom. The molecule has 1 unspecified atom stereocenters. The molecule has 15 heteroatoms. The standard InChI is InChI=1S/C43H61N11O4/c1-30(2)48-38-25-40(50-39-11-18-46-43(51-39)53-23-15-34(58-3)16-24-53)47-26-35(38)41(44)54-22-12-31(27-54)42(57)49-33-13-20-52(21-14-33)19-7-5-4-6-17-45-37-10-8-9-32(28-55)36(37)29-56/h8-11,18,25-26,28-31,33-34,44-45H,4-7,12-17,19-24,27H2,1-3H3,(H,49,57)(H2,46,47,48,50,51). The smallest absolute Gasteiger partial charge is 0.227 e. The summed E-state index contributed by atoms with van der Waals surface area (Å²) < 4.78 is 5.51. The highest BCUT2D eigenvalue weighted by molar-refractivity contribution is 6.02. The Bertz CT molecular complexity index is 1840. The molecule has 5 N–H and O–H groups in total. The Hall–Kier alpha value is -5.15. The molecular formula is C43H61N11O4. The molecule has 0 radical (unpaired) electrons. The molecule has 1 amide bonds. The van der Waals surface area contributed by atoms with E-state index in [2.05, 4.69) is 54.9 Å². The maximum absolute atomic E-state index is 13.4. The van der Waals surface area contributed by atoms with Gasteiger partial charge in [-0.25, -0.2) is 9.97 Å². The molecule has 0 bridgehead atoms. The van der Waals surface area contributed by atoms with Crippen LogP contribution in [0.1, 0.15) is 97.9 Å². The number of amidine groups is 1. The van der Waals surface area contributed by atoms with Crippen molar-refractivity contribution in [2.75, 3.05) is 80.3 Å². The third-order valence-electron chi connectivity index (χ3n) is 11.5. The van der Waals surface area contributed by atoms with Gasteiger partial charge in [-0.3, -0.25) is 19.8 Å². The van der Waals surface area contributed by atoms with Crippen molar-refractivity contribution in [3.63, 3.8) is 0 Å². The zero-order valence-corrected chi connectivity index (χ0v) is 34.3. The summed E-state index contributed by atoms with van der Waals surface area (Å²) in [5.41, 5.74) is 3.04. The molecule has 312 valence electrons. The van der Waals surface area contributed by atoms with E-state index in [0.717, 1.165) is 103 Å². The molecule has 0 aliphatic carbocycles. The second-order valence-electron chi connectivity index (χ2n) is 16.0. The first-order valence-corrected chi connectivity index (χ1v) is 21.0. The van der Waals surface area contributed by atoms with Crippen molar-refractivity contribution in [2.45, 2.75) is 89.8 Å². The first-order valence-electron chi connectivity index (χ1n) is 21.0. The molecule has 3 fully saturated rings. The molecule has 2 aromatic heterocycles. The predicted molar refractivity (Wildman–Crippen MR) is 229 cm³/mol. The Morgan fingerprint density at radius 2 is 1.72 bits per heavy atom. The van der Waals surface area contributed by atoms with E-state index in [1.165, 1.54) is 0 Å². The number of pyridine rings is 1. The summed E-state index contributed by atoms with van der Waals surface area (Å²) in [5, 5.41) is 22.6. The average molecular weight is 796 g/mol. The summed E-state index contributed by atoms with van der Waals surface area (Å²) in [4.78, 5) is 56.7. The van der Waals surface area contributed by atoms with Gasteiger partial charge in [-0.1, -0.05) is 25.0 Å². The summed E-state index contributed by atoms with van der Waals surface area (Å²) in [7, 11) is 1.76. The summed E-state index contributed by atoms with van der Waals surface area (Å²) in [6.07, 6.45) is 14.1. The number of amides is 1. The lowest BCUT2D eigenvalue weighted by atomic mass is 10.0. The highest BCUT2D eigenvalue weighted by Crippen LogP contribution is 2.27. The van der Waals surface area contributed by atoms with Crippen molar-refractivity contribution < 1.29 is 19.1 Å². The fourth-order valence-corrected chi connectivity index (χ4v) is 8.11. The maximum Gasteiger partial charge on any atom is 0.227 e. The third-order valence-corrected chi connectivity index (χ3v) is 11.5. The van der Waals surface area contributed by atoms with Crippen LogP contribution in [-0.2, 0) is 9.53 Å². The number of rotatable bonds is 19. The fraction of sp³-hybridized carbons (Fsp3) is 0.558. The van der Waals surface area contributed by atoms with Gasteiger partial charge in [0.2, 0.25) is 11.9 Å². The van der Waals surface area contributed by atoms with Crippen LogP contribution in [0.15, 0.2) is 42.7 Å². The molecule has 1 aromatic carbocycles. The molecule has 6 rings (SSSR count). The van der Waals surface area contributed by atoms with Crippen LogP contribution in [0, 0.1) is 11.3 Å². The van der Waals surface area contributed by atoms with E-state index in [0.29, 0.717) is 71.6 Å². The van der Waals surface area contributed by atoms with Crippen LogP contribution >= 0.6 is 0 Å². The quantitative estimate of drug-likeness (QED) is 0.0440. The second-order valence-corrected chi connectivity index (χ2v) is 16.0. The maximum atomic E-state index is 13.4. The number of ether oxygens (including phenoxy) is 1. The number of carbonyl (C=O) groups excluding carboxylic acids is 3. The normalized spacial score (nSPS) is 18.0. The van der Waals surface area contributed by atoms with Gasteiger partial charge in [-0.2, -0.15) is 4.98 Å². The lowest BCUT2D eigenvalue weighted by Gasteiger charge is -2.33. The Morgan fingerprint density at radius 1 is 0.931 bits per heavy atom.